The van der Waals surface area contributed by atoms with Crippen LogP contribution in [0.15, 0.2) is 23.1 Å². The largest absolute Gasteiger partial charge is 0.490 e. The van der Waals surface area contributed by atoms with E-state index in [2.05, 4.69) is 0 Å². The zero-order valence-electron chi connectivity index (χ0n) is 12.3. The molecule has 0 aromatic heterocycles. The third kappa shape index (κ3) is 3.22. The maximum Gasteiger partial charge on any atom is 0.319 e. The molecule has 0 atom stereocenters. The van der Waals surface area contributed by atoms with Gasteiger partial charge in [-0.3, -0.25) is 9.59 Å². The number of anilines is 1. The number of carbonyl (C=O) groups excluding carboxylic acids is 1. The lowest BCUT2D eigenvalue weighted by Crippen LogP contribution is -2.40. The highest BCUT2D eigenvalue weighted by Crippen LogP contribution is 2.34. The first kappa shape index (κ1) is 16.3. The van der Waals surface area contributed by atoms with Crippen LogP contribution in [0.5, 0.6) is 5.75 Å². The molecule has 0 fully saturated rings. The van der Waals surface area contributed by atoms with E-state index in [9.17, 15) is 18.0 Å². The number of rotatable bonds is 4. The highest BCUT2D eigenvalue weighted by molar-refractivity contribution is 7.92. The van der Waals surface area contributed by atoms with E-state index in [4.69, 9.17) is 9.84 Å². The van der Waals surface area contributed by atoms with Crippen LogP contribution in [0.2, 0.25) is 0 Å². The van der Waals surface area contributed by atoms with E-state index >= 15 is 0 Å². The SMILES string of the molecule is CC(C)C(=O)N1CCOc2ccc(S(=O)(=O)CC(=O)O)cc21. The third-order valence-corrected chi connectivity index (χ3v) is 4.83. The Balaban J connectivity index is 2.46. The van der Waals surface area contributed by atoms with Crippen molar-refractivity contribution in [3.8, 4) is 5.75 Å². The van der Waals surface area contributed by atoms with Gasteiger partial charge in [0.1, 0.15) is 12.4 Å². The summed E-state index contributed by atoms with van der Waals surface area (Å²) in [4.78, 5) is 24.2. The number of nitrogens with zero attached hydrogens (tertiary/aromatic N) is 1. The molecule has 8 heteroatoms. The zero-order valence-corrected chi connectivity index (χ0v) is 13.1. The number of carboxylic acids is 1. The van der Waals surface area contributed by atoms with Crippen molar-refractivity contribution < 1.29 is 27.9 Å². The highest BCUT2D eigenvalue weighted by Gasteiger charge is 2.28. The minimum absolute atomic E-state index is 0.138. The number of ether oxygens (including phenoxy) is 1. The van der Waals surface area contributed by atoms with Gasteiger partial charge in [-0.1, -0.05) is 13.8 Å². The van der Waals surface area contributed by atoms with E-state index in [1.165, 1.54) is 23.1 Å². The second-order valence-corrected chi connectivity index (χ2v) is 7.26. The van der Waals surface area contributed by atoms with Crippen LogP contribution in [0.25, 0.3) is 0 Å². The molecule has 1 amide bonds. The first-order valence-corrected chi connectivity index (χ1v) is 8.40. The minimum atomic E-state index is -3.96. The van der Waals surface area contributed by atoms with Crippen molar-refractivity contribution in [3.05, 3.63) is 18.2 Å². The monoisotopic (exact) mass is 327 g/mol. The zero-order chi connectivity index (χ0) is 16.5. The van der Waals surface area contributed by atoms with Crippen molar-refractivity contribution >= 4 is 27.4 Å². The summed E-state index contributed by atoms with van der Waals surface area (Å²) >= 11 is 0. The molecule has 2 rings (SSSR count). The molecule has 0 spiro atoms. The van der Waals surface area contributed by atoms with Gasteiger partial charge in [-0.15, -0.1) is 0 Å². The number of aliphatic carboxylic acids is 1. The molecule has 0 aliphatic carbocycles. The molecule has 1 aromatic carbocycles. The summed E-state index contributed by atoms with van der Waals surface area (Å²) in [7, 11) is -3.96. The Bertz CT molecular complexity index is 710. The van der Waals surface area contributed by atoms with Crippen LogP contribution < -0.4 is 9.64 Å². The Hall–Kier alpha value is -2.09. The van der Waals surface area contributed by atoms with E-state index in [0.29, 0.717) is 24.6 Å². The molecule has 1 heterocycles. The fourth-order valence-electron chi connectivity index (χ4n) is 2.18. The van der Waals surface area contributed by atoms with Crippen LogP contribution in [0.1, 0.15) is 13.8 Å². The van der Waals surface area contributed by atoms with E-state index in [1.54, 1.807) is 13.8 Å². The number of hydrogen-bond acceptors (Lipinski definition) is 5. The molecular weight excluding hydrogens is 310 g/mol. The van der Waals surface area contributed by atoms with Gasteiger partial charge in [0.2, 0.25) is 5.91 Å². The lowest BCUT2D eigenvalue weighted by molar-refractivity contribution is -0.134. The molecule has 1 aliphatic heterocycles. The Kier molecular flexibility index (Phi) is 4.41. The molecule has 22 heavy (non-hydrogen) atoms. The van der Waals surface area contributed by atoms with Crippen molar-refractivity contribution in [3.63, 3.8) is 0 Å². The first-order chi connectivity index (χ1) is 10.2. The van der Waals surface area contributed by atoms with Crippen LogP contribution in [0.4, 0.5) is 5.69 Å². The van der Waals surface area contributed by atoms with Gasteiger partial charge in [0.25, 0.3) is 0 Å². The van der Waals surface area contributed by atoms with Gasteiger partial charge in [0.15, 0.2) is 15.6 Å². The summed E-state index contributed by atoms with van der Waals surface area (Å²) in [5.74, 6) is -2.40. The van der Waals surface area contributed by atoms with Crippen LogP contribution in [0, 0.1) is 5.92 Å². The molecule has 0 saturated heterocycles. The number of hydrogen-bond donors (Lipinski definition) is 1. The topological polar surface area (TPSA) is 101 Å². The Morgan fingerprint density at radius 2 is 2.05 bits per heavy atom. The summed E-state index contributed by atoms with van der Waals surface area (Å²) in [6.45, 7) is 4.16. The molecule has 1 aliphatic rings. The molecular formula is C14H17NO6S. The minimum Gasteiger partial charge on any atom is -0.490 e. The maximum atomic E-state index is 12.2. The van der Waals surface area contributed by atoms with Crippen molar-refractivity contribution in [2.24, 2.45) is 5.92 Å². The summed E-state index contributed by atoms with van der Waals surface area (Å²) in [5, 5.41) is 8.69. The second-order valence-electron chi connectivity index (χ2n) is 5.28. The van der Waals surface area contributed by atoms with Crippen LogP contribution in [-0.4, -0.2) is 44.3 Å². The summed E-state index contributed by atoms with van der Waals surface area (Å²) in [6, 6.07) is 4.04. The van der Waals surface area contributed by atoms with E-state index in [0.717, 1.165) is 0 Å². The van der Waals surface area contributed by atoms with Gasteiger partial charge in [0.05, 0.1) is 17.1 Å². The Labute approximate surface area is 128 Å². The molecule has 7 nitrogen and oxygen atoms in total. The highest BCUT2D eigenvalue weighted by atomic mass is 32.2. The number of carbonyl (C=O) groups is 2. The van der Waals surface area contributed by atoms with E-state index in [-0.39, 0.29) is 16.7 Å². The smallest absolute Gasteiger partial charge is 0.319 e. The lowest BCUT2D eigenvalue weighted by Gasteiger charge is -2.31. The van der Waals surface area contributed by atoms with Gasteiger partial charge < -0.3 is 14.7 Å². The number of amides is 1. The summed E-state index contributed by atoms with van der Waals surface area (Å²) in [6.07, 6.45) is 0. The molecule has 1 N–H and O–H groups in total. The van der Waals surface area contributed by atoms with Crippen molar-refractivity contribution in [2.75, 3.05) is 23.8 Å². The number of fused-ring (bicyclic) bond motifs is 1. The van der Waals surface area contributed by atoms with Gasteiger partial charge in [-0.05, 0) is 18.2 Å². The van der Waals surface area contributed by atoms with Crippen LogP contribution >= 0.6 is 0 Å². The fourth-order valence-corrected chi connectivity index (χ4v) is 3.24. The third-order valence-electron chi connectivity index (χ3n) is 3.23. The number of carboxylic acid groups (broad SMARTS) is 1. The van der Waals surface area contributed by atoms with E-state index in [1.807, 2.05) is 0 Å². The van der Waals surface area contributed by atoms with Gasteiger partial charge in [0, 0.05) is 5.92 Å². The van der Waals surface area contributed by atoms with Crippen molar-refractivity contribution in [2.45, 2.75) is 18.7 Å². The molecule has 0 saturated carbocycles. The van der Waals surface area contributed by atoms with Gasteiger partial charge in [-0.25, -0.2) is 8.42 Å². The molecule has 120 valence electrons. The molecule has 1 aromatic rings. The molecule has 0 unspecified atom stereocenters. The van der Waals surface area contributed by atoms with E-state index < -0.39 is 21.6 Å². The van der Waals surface area contributed by atoms with Crippen molar-refractivity contribution in [1.82, 2.24) is 0 Å². The Morgan fingerprint density at radius 3 is 2.64 bits per heavy atom. The second kappa shape index (κ2) is 5.96. The summed E-state index contributed by atoms with van der Waals surface area (Å²) < 4.78 is 29.5. The lowest BCUT2D eigenvalue weighted by atomic mass is 10.1. The van der Waals surface area contributed by atoms with Crippen molar-refractivity contribution in [1.29, 1.82) is 0 Å². The Morgan fingerprint density at radius 1 is 1.36 bits per heavy atom. The van der Waals surface area contributed by atoms with Crippen LogP contribution in [-0.2, 0) is 19.4 Å². The van der Waals surface area contributed by atoms with Gasteiger partial charge in [-0.2, -0.15) is 0 Å². The number of sulfone groups is 1. The normalized spacial score (nSPS) is 14.4. The predicted molar refractivity (Wildman–Crippen MR) is 78.8 cm³/mol. The quantitative estimate of drug-likeness (QED) is 0.883. The first-order valence-electron chi connectivity index (χ1n) is 6.75. The number of benzene rings is 1. The van der Waals surface area contributed by atoms with Crippen LogP contribution in [0.3, 0.4) is 0 Å². The standard InChI is InChI=1S/C14H17NO6S/c1-9(2)14(18)15-5-6-21-12-4-3-10(7-11(12)15)22(19,20)8-13(16)17/h3-4,7,9H,5-6,8H2,1-2H3,(H,16,17). The molecule has 0 bridgehead atoms. The molecule has 0 radical (unpaired) electrons. The maximum absolute atomic E-state index is 12.2. The summed E-state index contributed by atoms with van der Waals surface area (Å²) in [5.41, 5.74) is 0.358. The average molecular weight is 327 g/mol. The predicted octanol–water partition coefficient (Wildman–Crippen LogP) is 0.926. The average Bonchev–Trinajstić information content (AvgIpc) is 2.43. The fraction of sp³-hybridized carbons (Fsp3) is 0.429. The van der Waals surface area contributed by atoms with Gasteiger partial charge >= 0.3 is 5.97 Å².